The summed E-state index contributed by atoms with van der Waals surface area (Å²) >= 11 is 0. The number of benzene rings is 2. The van der Waals surface area contributed by atoms with Crippen molar-refractivity contribution in [3.8, 4) is 11.6 Å². The molecule has 9 heteroatoms. The van der Waals surface area contributed by atoms with Gasteiger partial charge in [0, 0.05) is 29.9 Å². The Labute approximate surface area is 177 Å². The van der Waals surface area contributed by atoms with Gasteiger partial charge in [0.05, 0.1) is 24.9 Å². The lowest BCUT2D eigenvalue weighted by Crippen LogP contribution is -2.23. The fourth-order valence-corrected chi connectivity index (χ4v) is 3.37. The van der Waals surface area contributed by atoms with E-state index in [1.165, 1.54) is 0 Å². The van der Waals surface area contributed by atoms with E-state index in [0.717, 1.165) is 16.6 Å². The largest absolute Gasteiger partial charge is 0.345 e. The van der Waals surface area contributed by atoms with Gasteiger partial charge in [-0.25, -0.2) is 4.98 Å². The van der Waals surface area contributed by atoms with Gasteiger partial charge in [-0.1, -0.05) is 41.6 Å². The van der Waals surface area contributed by atoms with Crippen LogP contribution in [0.25, 0.3) is 22.5 Å². The summed E-state index contributed by atoms with van der Waals surface area (Å²) in [7, 11) is 0. The molecular weight excluding hydrogens is 394 g/mol. The van der Waals surface area contributed by atoms with Gasteiger partial charge in [-0.3, -0.25) is 9.48 Å². The van der Waals surface area contributed by atoms with Gasteiger partial charge in [-0.2, -0.15) is 10.1 Å². The van der Waals surface area contributed by atoms with Crippen molar-refractivity contribution in [2.24, 2.45) is 0 Å². The monoisotopic (exact) mass is 413 g/mol. The number of carbonyl (C=O) groups is 1. The van der Waals surface area contributed by atoms with Gasteiger partial charge in [0.25, 0.3) is 11.8 Å². The van der Waals surface area contributed by atoms with E-state index in [1.807, 2.05) is 57.9 Å². The molecule has 3 heterocycles. The first-order chi connectivity index (χ1) is 15.3. The molecule has 2 aromatic carbocycles. The Morgan fingerprint density at radius 2 is 1.87 bits per heavy atom. The minimum atomic E-state index is -0.192. The number of rotatable bonds is 7. The summed E-state index contributed by atoms with van der Waals surface area (Å²) in [6.45, 7) is 1.48. The third-order valence-electron chi connectivity index (χ3n) is 4.89. The van der Waals surface area contributed by atoms with Crippen LogP contribution in [-0.2, 0) is 19.6 Å². The first-order valence-electron chi connectivity index (χ1n) is 9.85. The first-order valence-corrected chi connectivity index (χ1v) is 9.85. The summed E-state index contributed by atoms with van der Waals surface area (Å²) in [5.74, 6) is 0.566. The Morgan fingerprint density at radius 3 is 2.71 bits per heavy atom. The smallest absolute Gasteiger partial charge is 0.276 e. The Hall–Kier alpha value is -4.27. The van der Waals surface area contributed by atoms with Gasteiger partial charge in [-0.05, 0) is 18.2 Å². The molecule has 5 rings (SSSR count). The number of amides is 1. The number of nitrogens with zero attached hydrogens (tertiary/aromatic N) is 6. The SMILES string of the molecule is O=C(NCc1noc(-c2c3ccccc3nn2CCn2ccnc2)n1)c1ccccc1. The molecule has 3 aromatic heterocycles. The highest BCUT2D eigenvalue weighted by Crippen LogP contribution is 2.27. The van der Waals surface area contributed by atoms with Crippen molar-refractivity contribution in [1.29, 1.82) is 0 Å². The molecule has 0 radical (unpaired) electrons. The van der Waals surface area contributed by atoms with Crippen molar-refractivity contribution < 1.29 is 9.32 Å². The Morgan fingerprint density at radius 1 is 1.03 bits per heavy atom. The second-order valence-corrected chi connectivity index (χ2v) is 6.95. The van der Waals surface area contributed by atoms with E-state index in [-0.39, 0.29) is 12.5 Å². The van der Waals surface area contributed by atoms with Crippen LogP contribution in [0, 0.1) is 0 Å². The number of fused-ring (bicyclic) bond motifs is 1. The summed E-state index contributed by atoms with van der Waals surface area (Å²) in [4.78, 5) is 20.8. The molecule has 5 aromatic rings. The Balaban J connectivity index is 1.38. The minimum absolute atomic E-state index is 0.165. The second kappa shape index (κ2) is 8.23. The van der Waals surface area contributed by atoms with Gasteiger partial charge in [0.2, 0.25) is 0 Å². The highest BCUT2D eigenvalue weighted by atomic mass is 16.5. The highest BCUT2D eigenvalue weighted by Gasteiger charge is 2.19. The summed E-state index contributed by atoms with van der Waals surface area (Å²) in [5, 5.41) is 12.5. The van der Waals surface area contributed by atoms with Crippen LogP contribution in [-0.4, -0.2) is 35.4 Å². The standard InChI is InChI=1S/C22H19N7O2/c30-21(16-6-2-1-3-7-16)24-14-19-25-22(31-27-19)20-17-8-4-5-9-18(17)26-29(20)13-12-28-11-10-23-15-28/h1-11,15H,12-14H2,(H,24,30). The molecule has 31 heavy (non-hydrogen) atoms. The van der Waals surface area contributed by atoms with Crippen LogP contribution in [0.4, 0.5) is 0 Å². The molecule has 1 N–H and O–H groups in total. The molecule has 0 unspecified atom stereocenters. The van der Waals surface area contributed by atoms with Crippen molar-refractivity contribution in [2.75, 3.05) is 0 Å². The van der Waals surface area contributed by atoms with E-state index < -0.39 is 0 Å². The molecule has 0 fully saturated rings. The van der Waals surface area contributed by atoms with E-state index in [0.29, 0.717) is 30.4 Å². The van der Waals surface area contributed by atoms with Gasteiger partial charge in [0.15, 0.2) is 5.82 Å². The van der Waals surface area contributed by atoms with E-state index in [4.69, 9.17) is 9.62 Å². The number of nitrogens with one attached hydrogen (secondary N) is 1. The lowest BCUT2D eigenvalue weighted by Gasteiger charge is -2.05. The number of aromatic nitrogens is 6. The predicted molar refractivity (Wildman–Crippen MR) is 113 cm³/mol. The maximum absolute atomic E-state index is 12.3. The van der Waals surface area contributed by atoms with Gasteiger partial charge < -0.3 is 14.4 Å². The molecule has 154 valence electrons. The summed E-state index contributed by atoms with van der Waals surface area (Å²) in [6.07, 6.45) is 5.42. The average molecular weight is 413 g/mol. The van der Waals surface area contributed by atoms with Crippen molar-refractivity contribution in [1.82, 2.24) is 34.8 Å². The number of hydrogen-bond acceptors (Lipinski definition) is 6. The normalized spacial score (nSPS) is 11.1. The second-order valence-electron chi connectivity index (χ2n) is 6.95. The lowest BCUT2D eigenvalue weighted by atomic mass is 10.2. The van der Waals surface area contributed by atoms with Crippen LogP contribution in [0.3, 0.4) is 0 Å². The number of imidazole rings is 1. The average Bonchev–Trinajstić information content (AvgIpc) is 3.56. The zero-order chi connectivity index (χ0) is 21.0. The maximum atomic E-state index is 12.3. The molecule has 1 amide bonds. The third kappa shape index (κ3) is 3.93. The van der Waals surface area contributed by atoms with Gasteiger partial charge >= 0.3 is 0 Å². The zero-order valence-electron chi connectivity index (χ0n) is 16.5. The van der Waals surface area contributed by atoms with Crippen LogP contribution in [0.15, 0.2) is 77.8 Å². The number of carbonyl (C=O) groups excluding carboxylic acids is 1. The van der Waals surface area contributed by atoms with Crippen molar-refractivity contribution >= 4 is 16.8 Å². The maximum Gasteiger partial charge on any atom is 0.276 e. The zero-order valence-corrected chi connectivity index (χ0v) is 16.5. The van der Waals surface area contributed by atoms with E-state index >= 15 is 0 Å². The van der Waals surface area contributed by atoms with Crippen LogP contribution >= 0.6 is 0 Å². The molecule has 0 bridgehead atoms. The highest BCUT2D eigenvalue weighted by molar-refractivity contribution is 5.94. The van der Waals surface area contributed by atoms with Gasteiger partial charge in [-0.15, -0.1) is 0 Å². The first kappa shape index (κ1) is 18.7. The van der Waals surface area contributed by atoms with Crippen molar-refractivity contribution in [3.63, 3.8) is 0 Å². The molecular formula is C22H19N7O2. The summed E-state index contributed by atoms with van der Waals surface area (Å²) in [5.41, 5.74) is 2.18. The molecule has 9 nitrogen and oxygen atoms in total. The molecule has 0 saturated carbocycles. The molecule has 0 atom stereocenters. The quantitative estimate of drug-likeness (QED) is 0.440. The Bertz CT molecular complexity index is 1310. The van der Waals surface area contributed by atoms with Crippen LogP contribution < -0.4 is 5.32 Å². The van der Waals surface area contributed by atoms with Crippen molar-refractivity contribution in [3.05, 3.63) is 84.7 Å². The molecule has 0 saturated heterocycles. The van der Waals surface area contributed by atoms with E-state index in [9.17, 15) is 4.79 Å². The van der Waals surface area contributed by atoms with Gasteiger partial charge in [0.1, 0.15) is 5.69 Å². The number of hydrogen-bond donors (Lipinski definition) is 1. The third-order valence-corrected chi connectivity index (χ3v) is 4.89. The molecule has 0 spiro atoms. The fourth-order valence-electron chi connectivity index (χ4n) is 3.37. The fraction of sp³-hybridized carbons (Fsp3) is 0.136. The predicted octanol–water partition coefficient (Wildman–Crippen LogP) is 2.91. The van der Waals surface area contributed by atoms with Crippen molar-refractivity contribution in [2.45, 2.75) is 19.6 Å². The Kier molecular flexibility index (Phi) is 4.97. The molecule has 0 aliphatic rings. The molecule has 0 aliphatic carbocycles. The summed E-state index contributed by atoms with van der Waals surface area (Å²) in [6, 6.07) is 16.8. The van der Waals surface area contributed by atoms with Crippen LogP contribution in [0.2, 0.25) is 0 Å². The van der Waals surface area contributed by atoms with Crippen LogP contribution in [0.1, 0.15) is 16.2 Å². The lowest BCUT2D eigenvalue weighted by molar-refractivity contribution is 0.0949. The molecule has 0 aliphatic heterocycles. The van der Waals surface area contributed by atoms with Crippen LogP contribution in [0.5, 0.6) is 0 Å². The topological polar surface area (TPSA) is 104 Å². The minimum Gasteiger partial charge on any atom is -0.345 e. The summed E-state index contributed by atoms with van der Waals surface area (Å²) < 4.78 is 9.39. The number of aryl methyl sites for hydroxylation is 2. The van der Waals surface area contributed by atoms with E-state index in [2.05, 4.69) is 20.4 Å². The van der Waals surface area contributed by atoms with E-state index in [1.54, 1.807) is 24.7 Å².